The van der Waals surface area contributed by atoms with E-state index in [2.05, 4.69) is 15.3 Å². The van der Waals surface area contributed by atoms with E-state index in [1.165, 1.54) is 6.20 Å². The van der Waals surface area contributed by atoms with Crippen molar-refractivity contribution in [3.8, 4) is 0 Å². The summed E-state index contributed by atoms with van der Waals surface area (Å²) < 4.78 is 0. The number of nitrogens with zero attached hydrogens (tertiary/aromatic N) is 3. The maximum absolute atomic E-state index is 12.7. The number of anilines is 1. The molecule has 0 unspecified atom stereocenters. The Morgan fingerprint density at radius 1 is 1.24 bits per heavy atom. The van der Waals surface area contributed by atoms with E-state index in [4.69, 9.17) is 0 Å². The van der Waals surface area contributed by atoms with Gasteiger partial charge < -0.3 is 10.2 Å². The normalized spacial score (nSPS) is 10.5. The summed E-state index contributed by atoms with van der Waals surface area (Å²) in [4.78, 5) is 22.8. The second kappa shape index (κ2) is 6.83. The lowest BCUT2D eigenvalue weighted by Gasteiger charge is -2.26. The summed E-state index contributed by atoms with van der Waals surface area (Å²) in [5.74, 6) is 0.475. The number of benzene rings is 1. The molecule has 2 aromatic rings. The summed E-state index contributed by atoms with van der Waals surface area (Å²) in [5.41, 5.74) is 1.45. The van der Waals surface area contributed by atoms with Crippen molar-refractivity contribution >= 4 is 11.7 Å². The first-order valence-electron chi connectivity index (χ1n) is 6.96. The second-order valence-corrected chi connectivity index (χ2v) is 5.05. The van der Waals surface area contributed by atoms with E-state index in [9.17, 15) is 4.79 Å². The number of hydrogen-bond acceptors (Lipinski definition) is 4. The van der Waals surface area contributed by atoms with Crippen LogP contribution in [0.1, 0.15) is 29.9 Å². The molecule has 0 fully saturated rings. The van der Waals surface area contributed by atoms with Gasteiger partial charge in [0.15, 0.2) is 0 Å². The van der Waals surface area contributed by atoms with Gasteiger partial charge in [0.2, 0.25) is 0 Å². The van der Waals surface area contributed by atoms with Crippen LogP contribution in [0.3, 0.4) is 0 Å². The fourth-order valence-corrected chi connectivity index (χ4v) is 2.01. The molecule has 5 heteroatoms. The molecule has 0 spiro atoms. The van der Waals surface area contributed by atoms with Crippen LogP contribution in [0.4, 0.5) is 5.82 Å². The minimum Gasteiger partial charge on any atom is -0.372 e. The van der Waals surface area contributed by atoms with Gasteiger partial charge in [-0.1, -0.05) is 30.3 Å². The van der Waals surface area contributed by atoms with Crippen molar-refractivity contribution in [2.45, 2.75) is 26.4 Å². The fourth-order valence-electron chi connectivity index (χ4n) is 2.01. The van der Waals surface area contributed by atoms with E-state index in [-0.39, 0.29) is 11.9 Å². The van der Waals surface area contributed by atoms with Gasteiger partial charge in [0.1, 0.15) is 11.5 Å². The molecule has 0 saturated heterocycles. The predicted octanol–water partition coefficient (Wildman–Crippen LogP) is 2.57. The number of carbonyl (C=O) groups excluding carboxylic acids is 1. The first-order chi connectivity index (χ1) is 10.1. The molecule has 1 aromatic heterocycles. The largest absolute Gasteiger partial charge is 0.372 e. The zero-order valence-electron chi connectivity index (χ0n) is 12.6. The van der Waals surface area contributed by atoms with Gasteiger partial charge in [0, 0.05) is 19.6 Å². The third-order valence-electron chi connectivity index (χ3n) is 3.19. The Labute approximate surface area is 125 Å². The van der Waals surface area contributed by atoms with Crippen molar-refractivity contribution < 1.29 is 4.79 Å². The van der Waals surface area contributed by atoms with Crippen LogP contribution >= 0.6 is 0 Å². The van der Waals surface area contributed by atoms with Gasteiger partial charge in [-0.15, -0.1) is 0 Å². The third kappa shape index (κ3) is 3.78. The summed E-state index contributed by atoms with van der Waals surface area (Å²) in [6.45, 7) is 4.55. The summed E-state index contributed by atoms with van der Waals surface area (Å²) in [7, 11) is 1.75. The van der Waals surface area contributed by atoms with Crippen molar-refractivity contribution in [3.05, 3.63) is 54.0 Å². The summed E-state index contributed by atoms with van der Waals surface area (Å²) in [5, 5.41) is 2.90. The zero-order valence-corrected chi connectivity index (χ0v) is 12.6. The van der Waals surface area contributed by atoms with Crippen molar-refractivity contribution in [1.82, 2.24) is 14.9 Å². The van der Waals surface area contributed by atoms with E-state index >= 15 is 0 Å². The molecule has 1 heterocycles. The Bertz CT molecular complexity index is 598. The maximum Gasteiger partial charge on any atom is 0.274 e. The zero-order chi connectivity index (χ0) is 15.2. The summed E-state index contributed by atoms with van der Waals surface area (Å²) in [6, 6.07) is 10.0. The van der Waals surface area contributed by atoms with Gasteiger partial charge in [-0.3, -0.25) is 9.78 Å². The van der Waals surface area contributed by atoms with Crippen LogP contribution in [0.15, 0.2) is 42.7 Å². The molecule has 21 heavy (non-hydrogen) atoms. The monoisotopic (exact) mass is 284 g/mol. The van der Waals surface area contributed by atoms with E-state index in [1.54, 1.807) is 18.1 Å². The number of carbonyl (C=O) groups is 1. The van der Waals surface area contributed by atoms with Gasteiger partial charge in [0.25, 0.3) is 5.91 Å². The Kier molecular flexibility index (Phi) is 4.87. The smallest absolute Gasteiger partial charge is 0.274 e. The van der Waals surface area contributed by atoms with Crippen LogP contribution in [0.5, 0.6) is 0 Å². The highest BCUT2D eigenvalue weighted by atomic mass is 16.2. The molecule has 1 aromatic carbocycles. The molecular weight excluding hydrogens is 264 g/mol. The Morgan fingerprint density at radius 3 is 2.57 bits per heavy atom. The highest BCUT2D eigenvalue weighted by Gasteiger charge is 2.20. The SMILES string of the molecule is CNc1cncc(C(=O)N(Cc2ccccc2)C(C)C)n1. The third-order valence-corrected chi connectivity index (χ3v) is 3.19. The minimum absolute atomic E-state index is 0.0812. The Morgan fingerprint density at radius 2 is 1.95 bits per heavy atom. The molecule has 1 amide bonds. The molecular formula is C16H20N4O. The van der Waals surface area contributed by atoms with Gasteiger partial charge in [0.05, 0.1) is 12.4 Å². The number of amides is 1. The van der Waals surface area contributed by atoms with Crippen molar-refractivity contribution in [3.63, 3.8) is 0 Å². The second-order valence-electron chi connectivity index (χ2n) is 5.05. The van der Waals surface area contributed by atoms with Gasteiger partial charge in [-0.2, -0.15) is 0 Å². The summed E-state index contributed by atoms with van der Waals surface area (Å²) in [6.07, 6.45) is 3.09. The molecule has 1 N–H and O–H groups in total. The highest BCUT2D eigenvalue weighted by molar-refractivity contribution is 5.92. The molecule has 0 aliphatic carbocycles. The van der Waals surface area contributed by atoms with E-state index in [1.807, 2.05) is 44.2 Å². The van der Waals surface area contributed by atoms with Crippen LogP contribution in [0.25, 0.3) is 0 Å². The van der Waals surface area contributed by atoms with E-state index < -0.39 is 0 Å². The molecule has 2 rings (SSSR count). The topological polar surface area (TPSA) is 58.1 Å². The number of nitrogens with one attached hydrogen (secondary N) is 1. The maximum atomic E-state index is 12.7. The van der Waals surface area contributed by atoms with Gasteiger partial charge in [-0.25, -0.2) is 4.98 Å². The first-order valence-corrected chi connectivity index (χ1v) is 6.96. The number of hydrogen-bond donors (Lipinski definition) is 1. The lowest BCUT2D eigenvalue weighted by Crippen LogP contribution is -2.37. The molecule has 0 radical (unpaired) electrons. The average Bonchev–Trinajstić information content (AvgIpc) is 2.52. The predicted molar refractivity (Wildman–Crippen MR) is 83.0 cm³/mol. The fraction of sp³-hybridized carbons (Fsp3) is 0.312. The number of aromatic nitrogens is 2. The van der Waals surface area contributed by atoms with Crippen LogP contribution in [0.2, 0.25) is 0 Å². The van der Waals surface area contributed by atoms with Crippen molar-refractivity contribution in [2.24, 2.45) is 0 Å². The van der Waals surface area contributed by atoms with Crippen LogP contribution < -0.4 is 5.32 Å². The molecule has 0 atom stereocenters. The summed E-state index contributed by atoms with van der Waals surface area (Å²) >= 11 is 0. The molecule has 5 nitrogen and oxygen atoms in total. The van der Waals surface area contributed by atoms with Gasteiger partial charge >= 0.3 is 0 Å². The van der Waals surface area contributed by atoms with Crippen molar-refractivity contribution in [2.75, 3.05) is 12.4 Å². The molecule has 110 valence electrons. The van der Waals surface area contributed by atoms with Crippen LogP contribution in [-0.2, 0) is 6.54 Å². The van der Waals surface area contributed by atoms with E-state index in [0.29, 0.717) is 18.1 Å². The van der Waals surface area contributed by atoms with Gasteiger partial charge in [-0.05, 0) is 19.4 Å². The average molecular weight is 284 g/mol. The molecule has 0 saturated carbocycles. The van der Waals surface area contributed by atoms with Crippen molar-refractivity contribution in [1.29, 1.82) is 0 Å². The Hall–Kier alpha value is -2.43. The highest BCUT2D eigenvalue weighted by Crippen LogP contribution is 2.13. The van der Waals surface area contributed by atoms with Crippen LogP contribution in [-0.4, -0.2) is 33.9 Å². The molecule has 0 bridgehead atoms. The Balaban J connectivity index is 2.23. The minimum atomic E-state index is -0.113. The standard InChI is InChI=1S/C16H20N4O/c1-12(2)20(11-13-7-5-4-6-8-13)16(21)14-9-18-10-15(17-3)19-14/h4-10,12H,11H2,1-3H3,(H,17,19). The molecule has 0 aliphatic heterocycles. The quantitative estimate of drug-likeness (QED) is 0.916. The lowest BCUT2D eigenvalue weighted by atomic mass is 10.2. The lowest BCUT2D eigenvalue weighted by molar-refractivity contribution is 0.0684. The van der Waals surface area contributed by atoms with Crippen LogP contribution in [0, 0.1) is 0 Å². The molecule has 0 aliphatic rings. The first kappa shape index (κ1) is 15.0. The number of rotatable bonds is 5. The van der Waals surface area contributed by atoms with E-state index in [0.717, 1.165) is 5.56 Å².